The Hall–Kier alpha value is -2.69. The Balaban J connectivity index is 3.01. The van der Waals surface area contributed by atoms with Crippen LogP contribution >= 0.6 is 0 Å². The van der Waals surface area contributed by atoms with Gasteiger partial charge in [0.1, 0.15) is 12.0 Å². The van der Waals surface area contributed by atoms with Crippen molar-refractivity contribution >= 4 is 17.4 Å². The van der Waals surface area contributed by atoms with Crippen molar-refractivity contribution in [1.82, 2.24) is 9.88 Å². The molecule has 0 spiro atoms. The van der Waals surface area contributed by atoms with Gasteiger partial charge in [-0.25, -0.2) is 4.98 Å². The number of nitriles is 1. The van der Waals surface area contributed by atoms with Crippen LogP contribution in [0.4, 0.5) is 11.5 Å². The first-order chi connectivity index (χ1) is 8.47. The van der Waals surface area contributed by atoms with E-state index in [2.05, 4.69) is 4.98 Å². The summed E-state index contributed by atoms with van der Waals surface area (Å²) < 4.78 is 0. The zero-order valence-corrected chi connectivity index (χ0v) is 9.66. The van der Waals surface area contributed by atoms with Crippen molar-refractivity contribution in [2.75, 3.05) is 19.3 Å². The molecule has 0 fully saturated rings. The van der Waals surface area contributed by atoms with Crippen LogP contribution in [0.1, 0.15) is 16.8 Å². The number of hydrogen-bond acceptors (Lipinski definition) is 6. The van der Waals surface area contributed by atoms with Crippen LogP contribution in [0.3, 0.4) is 0 Å². The summed E-state index contributed by atoms with van der Waals surface area (Å²) >= 11 is 0. The molecule has 0 saturated carbocycles. The van der Waals surface area contributed by atoms with E-state index >= 15 is 0 Å². The molecule has 94 valence electrons. The Morgan fingerprint density at radius 1 is 1.72 bits per heavy atom. The van der Waals surface area contributed by atoms with E-state index in [1.54, 1.807) is 0 Å². The van der Waals surface area contributed by atoms with E-state index in [0.717, 1.165) is 12.3 Å². The zero-order chi connectivity index (χ0) is 13.7. The Labute approximate surface area is 103 Å². The molecule has 0 radical (unpaired) electrons. The van der Waals surface area contributed by atoms with Crippen LogP contribution in [0.25, 0.3) is 0 Å². The maximum Gasteiger partial charge on any atom is 0.288 e. The summed E-state index contributed by atoms with van der Waals surface area (Å²) in [5, 5.41) is 19.0. The highest BCUT2D eigenvalue weighted by atomic mass is 16.6. The maximum atomic E-state index is 11.9. The highest BCUT2D eigenvalue weighted by Crippen LogP contribution is 2.18. The molecule has 1 heterocycles. The Morgan fingerprint density at radius 2 is 2.39 bits per heavy atom. The molecule has 0 aliphatic heterocycles. The number of aromatic nitrogens is 1. The molecule has 0 atom stereocenters. The zero-order valence-electron chi connectivity index (χ0n) is 9.66. The molecule has 0 bridgehead atoms. The van der Waals surface area contributed by atoms with Gasteiger partial charge in [0.05, 0.1) is 23.0 Å². The molecule has 1 aromatic heterocycles. The number of carbonyl (C=O) groups excluding carboxylic acids is 1. The summed E-state index contributed by atoms with van der Waals surface area (Å²) in [7, 11) is 1.48. The summed E-state index contributed by atoms with van der Waals surface area (Å²) in [6.45, 7) is 0.220. The largest absolute Gasteiger partial charge is 0.383 e. The molecule has 1 amide bonds. The fourth-order valence-corrected chi connectivity index (χ4v) is 1.26. The van der Waals surface area contributed by atoms with Crippen molar-refractivity contribution in [2.24, 2.45) is 0 Å². The minimum absolute atomic E-state index is 0.0374. The van der Waals surface area contributed by atoms with Gasteiger partial charge in [0.25, 0.3) is 11.6 Å². The van der Waals surface area contributed by atoms with Crippen molar-refractivity contribution in [3.63, 3.8) is 0 Å². The molecule has 8 nitrogen and oxygen atoms in total. The van der Waals surface area contributed by atoms with Crippen molar-refractivity contribution in [3.05, 3.63) is 27.9 Å². The lowest BCUT2D eigenvalue weighted by molar-refractivity contribution is -0.385. The first kappa shape index (κ1) is 13.4. The molecule has 1 rings (SSSR count). The molecule has 18 heavy (non-hydrogen) atoms. The normalized spacial score (nSPS) is 9.56. The van der Waals surface area contributed by atoms with Crippen LogP contribution in [0.15, 0.2) is 12.3 Å². The Bertz CT molecular complexity index is 523. The molecule has 0 aromatic carbocycles. The fraction of sp³-hybridized carbons (Fsp3) is 0.300. The number of hydrogen-bond donors (Lipinski definition) is 1. The van der Waals surface area contributed by atoms with Gasteiger partial charge in [0, 0.05) is 19.7 Å². The first-order valence-electron chi connectivity index (χ1n) is 4.99. The van der Waals surface area contributed by atoms with E-state index in [0.29, 0.717) is 0 Å². The summed E-state index contributed by atoms with van der Waals surface area (Å²) in [5.41, 5.74) is 5.17. The second-order valence-electron chi connectivity index (χ2n) is 3.52. The van der Waals surface area contributed by atoms with Crippen LogP contribution in [-0.2, 0) is 0 Å². The third-order valence-corrected chi connectivity index (χ3v) is 2.25. The molecule has 2 N–H and O–H groups in total. The van der Waals surface area contributed by atoms with E-state index in [-0.39, 0.29) is 30.0 Å². The molecule has 0 aliphatic carbocycles. The van der Waals surface area contributed by atoms with Crippen molar-refractivity contribution in [1.29, 1.82) is 5.26 Å². The molecule has 0 unspecified atom stereocenters. The number of pyridine rings is 1. The van der Waals surface area contributed by atoms with Crippen LogP contribution in [0.2, 0.25) is 0 Å². The third kappa shape index (κ3) is 2.91. The van der Waals surface area contributed by atoms with E-state index in [9.17, 15) is 14.9 Å². The van der Waals surface area contributed by atoms with Crippen LogP contribution < -0.4 is 5.73 Å². The van der Waals surface area contributed by atoms with Crippen LogP contribution in [0.5, 0.6) is 0 Å². The molecule has 0 aliphatic rings. The Kier molecular flexibility index (Phi) is 4.15. The molecule has 1 aromatic rings. The summed E-state index contributed by atoms with van der Waals surface area (Å²) in [5.74, 6) is -0.576. The van der Waals surface area contributed by atoms with Crippen molar-refractivity contribution < 1.29 is 9.72 Å². The van der Waals surface area contributed by atoms with Gasteiger partial charge < -0.3 is 10.6 Å². The predicted molar refractivity (Wildman–Crippen MR) is 62.5 cm³/mol. The van der Waals surface area contributed by atoms with E-state index in [1.807, 2.05) is 6.07 Å². The molecule has 8 heteroatoms. The number of amides is 1. The van der Waals surface area contributed by atoms with Gasteiger partial charge in [-0.1, -0.05) is 0 Å². The number of nitrogens with zero attached hydrogens (tertiary/aromatic N) is 4. The van der Waals surface area contributed by atoms with Crippen LogP contribution in [0, 0.1) is 21.4 Å². The third-order valence-electron chi connectivity index (χ3n) is 2.25. The van der Waals surface area contributed by atoms with E-state index < -0.39 is 10.8 Å². The second-order valence-corrected chi connectivity index (χ2v) is 3.52. The van der Waals surface area contributed by atoms with Gasteiger partial charge in [-0.3, -0.25) is 14.9 Å². The van der Waals surface area contributed by atoms with Crippen molar-refractivity contribution in [3.8, 4) is 6.07 Å². The lowest BCUT2D eigenvalue weighted by Crippen LogP contribution is -2.28. The van der Waals surface area contributed by atoms with Crippen molar-refractivity contribution in [2.45, 2.75) is 6.42 Å². The molecule has 0 saturated heterocycles. The number of anilines is 1. The lowest BCUT2D eigenvalue weighted by Gasteiger charge is -2.15. The topological polar surface area (TPSA) is 126 Å². The van der Waals surface area contributed by atoms with Gasteiger partial charge in [-0.05, 0) is 0 Å². The first-order valence-corrected chi connectivity index (χ1v) is 4.99. The number of nitro groups is 1. The quantitative estimate of drug-likeness (QED) is 0.613. The fourth-order valence-electron chi connectivity index (χ4n) is 1.26. The second kappa shape index (κ2) is 5.58. The molecular weight excluding hydrogens is 238 g/mol. The van der Waals surface area contributed by atoms with Crippen LogP contribution in [-0.4, -0.2) is 34.3 Å². The lowest BCUT2D eigenvalue weighted by atomic mass is 10.2. The van der Waals surface area contributed by atoms with Gasteiger partial charge in [-0.15, -0.1) is 0 Å². The number of rotatable bonds is 4. The van der Waals surface area contributed by atoms with Gasteiger partial charge in [0.15, 0.2) is 0 Å². The molecular formula is C10H11N5O3. The smallest absolute Gasteiger partial charge is 0.288 e. The SMILES string of the molecule is CN(CCC#N)C(=O)c1cc([N+](=O)[O-])cnc1N. The summed E-state index contributed by atoms with van der Waals surface area (Å²) in [4.78, 5) is 26.7. The summed E-state index contributed by atoms with van der Waals surface area (Å²) in [6.07, 6.45) is 1.16. The number of nitrogen functional groups attached to an aromatic ring is 1. The highest BCUT2D eigenvalue weighted by Gasteiger charge is 2.19. The van der Waals surface area contributed by atoms with Gasteiger partial charge >= 0.3 is 0 Å². The maximum absolute atomic E-state index is 11.9. The minimum atomic E-state index is -0.654. The average molecular weight is 249 g/mol. The van der Waals surface area contributed by atoms with Gasteiger partial charge in [0.2, 0.25) is 0 Å². The standard InChI is InChI=1S/C10H11N5O3/c1-14(4-2-3-11)10(16)8-5-7(15(17)18)6-13-9(8)12/h5-6H,2,4H2,1H3,(H2,12,13). The van der Waals surface area contributed by atoms with Gasteiger partial charge in [-0.2, -0.15) is 5.26 Å². The van der Waals surface area contributed by atoms with E-state index in [1.165, 1.54) is 11.9 Å². The monoisotopic (exact) mass is 249 g/mol. The predicted octanol–water partition coefficient (Wildman–Crippen LogP) is 0.558. The number of carbonyl (C=O) groups is 1. The highest BCUT2D eigenvalue weighted by molar-refractivity contribution is 5.98. The average Bonchev–Trinajstić information content (AvgIpc) is 2.35. The Morgan fingerprint density at radius 3 is 2.94 bits per heavy atom. The minimum Gasteiger partial charge on any atom is -0.383 e. The van der Waals surface area contributed by atoms with E-state index in [4.69, 9.17) is 11.0 Å². The summed E-state index contributed by atoms with van der Waals surface area (Å²) in [6, 6.07) is 2.98. The number of nitrogens with two attached hydrogens (primary N) is 1.